The van der Waals surface area contributed by atoms with E-state index in [1.165, 1.54) is 178 Å². The maximum Gasteiger partial charge on any atom is 0.235 e. The van der Waals surface area contributed by atoms with Crippen LogP contribution in [0, 0.1) is 0 Å². The van der Waals surface area contributed by atoms with Crippen LogP contribution in [-0.2, 0) is 0 Å². The molecular weight excluding hydrogens is 1880 g/mol. The van der Waals surface area contributed by atoms with Crippen LogP contribution in [-0.4, -0.2) is 56.2 Å². The first-order valence-corrected chi connectivity index (χ1v) is 54.7. The van der Waals surface area contributed by atoms with Crippen molar-refractivity contribution in [3.63, 3.8) is 0 Å². The molecule has 0 unspecified atom stereocenters. The fraction of sp³-hybridized carbons (Fsp3) is 0. The second-order valence-electron chi connectivity index (χ2n) is 37.3. The maximum absolute atomic E-state index is 5.37. The lowest BCUT2D eigenvalue weighted by atomic mass is 10.0. The molecule has 0 fully saturated rings. The Kier molecular flexibility index (Phi) is 20.5. The van der Waals surface area contributed by atoms with E-state index < -0.39 is 8.07 Å². The quantitative estimate of drug-likeness (QED) is 0.0843. The molecule has 20 aromatic carbocycles. The summed E-state index contributed by atoms with van der Waals surface area (Å²) in [6.45, 7) is 0. The monoisotopic (exact) mass is 1960 g/mol. The number of hydrogen-bond acceptors (Lipinski definition) is 10. The first-order chi connectivity index (χ1) is 72.9. The lowest BCUT2D eigenvalue weighted by Crippen LogP contribution is -2.74. The Hall–Kier alpha value is -18.1. The number of para-hydroxylation sites is 4. The third-order valence-electron chi connectivity index (χ3n) is 29.3. The highest BCUT2D eigenvalue weighted by molar-refractivity contribution is 7.28. The van der Waals surface area contributed by atoms with Gasteiger partial charge in [-0.2, -0.15) is 0 Å². The Morgan fingerprint density at radius 2 is 0.503 bits per heavy atom. The van der Waals surface area contributed by atoms with Gasteiger partial charge in [-0.1, -0.05) is 376 Å². The molecule has 0 saturated carbocycles. The second kappa shape index (κ2) is 35.2. The van der Waals surface area contributed by atoms with Gasteiger partial charge in [0.2, 0.25) is 17.8 Å². The summed E-state index contributed by atoms with van der Waals surface area (Å²) in [5.41, 5.74) is 21.0. The predicted molar refractivity (Wildman–Crippen MR) is 626 cm³/mol. The normalized spacial score (nSPS) is 11.9. The summed E-state index contributed by atoms with van der Waals surface area (Å²) in [4.78, 5) is 30.5. The van der Waals surface area contributed by atoms with Gasteiger partial charge in [-0.05, 0) is 146 Å². The standard InChI is InChI=1S/C52H35N3SSi.C46H28N4S.C34H19N3S2/c1-5-17-36(18-6-1)42-28-16-29-43-44-31-32-48-49(51(44)56-50(42)43)45-27-13-14-30-47(45)55(48)52-53-34-33-46(54-52)37-19-15-26-41(35-37)57(38-20-7-2-8-21-38,39-22-9-3-10-23-39)40-24-11-4-12-25-40;1-2-11-29(12-3-1)30-21-23-41-37(28-30)44-42(24-22-36-35-17-6-9-20-43(35)51-45(36)44)50(41)46-47-26-25-38(48-46)31-13-10-14-32(27-31)49-39-18-7-4-15-33(39)34-16-5-8-19-40(34)49;1-4-13-27-25(10-1)31-28(17-16-23-21-9-3-6-15-30(21)39-33(23)31)37(27)34-35-19-18-26(36-34)24-12-7-11-22-20-8-2-5-14-29(20)38-32(22)24/h1-35H;1-28H;1-19H. The minimum absolute atomic E-state index is 0.655. The zero-order valence-corrected chi connectivity index (χ0v) is 83.2. The van der Waals surface area contributed by atoms with Crippen molar-refractivity contribution in [3.05, 3.63) is 498 Å². The topological polar surface area (TPSA) is 97.1 Å². The average molecular weight is 1960 g/mol. The van der Waals surface area contributed by atoms with Crippen LogP contribution < -0.4 is 20.7 Å². The molecule has 31 aromatic rings. The van der Waals surface area contributed by atoms with Crippen molar-refractivity contribution in [2.24, 2.45) is 0 Å². The lowest BCUT2D eigenvalue weighted by molar-refractivity contribution is 0.992. The Balaban J connectivity index is 0.000000106. The molecule has 688 valence electrons. The maximum atomic E-state index is 5.37. The number of rotatable bonds is 13. The van der Waals surface area contributed by atoms with Crippen molar-refractivity contribution in [2.75, 3.05) is 0 Å². The second-order valence-corrected chi connectivity index (χ2v) is 45.3. The predicted octanol–water partition coefficient (Wildman–Crippen LogP) is 33.0. The summed E-state index contributed by atoms with van der Waals surface area (Å²) in [7, 11) is -2.72. The molecule has 0 spiro atoms. The molecule has 10 nitrogen and oxygen atoms in total. The summed E-state index contributed by atoms with van der Waals surface area (Å²) in [6, 6.07) is 173. The fourth-order valence-corrected chi connectivity index (χ4v) is 32.8. The highest BCUT2D eigenvalue weighted by Gasteiger charge is 2.42. The summed E-state index contributed by atoms with van der Waals surface area (Å²) in [5, 5.41) is 25.5. The van der Waals surface area contributed by atoms with Gasteiger partial charge in [-0.3, -0.25) is 13.7 Å². The zero-order chi connectivity index (χ0) is 96.7. The first kappa shape index (κ1) is 85.7. The van der Waals surface area contributed by atoms with Crippen LogP contribution in [0.15, 0.2) is 498 Å². The molecule has 0 amide bonds. The average Bonchev–Trinajstić information content (AvgIpc) is 1.47. The first-order valence-electron chi connectivity index (χ1n) is 49.4. The molecule has 0 radical (unpaired) electrons. The number of nitrogens with zero attached hydrogens (tertiary/aromatic N) is 10. The molecule has 11 aromatic heterocycles. The van der Waals surface area contributed by atoms with Gasteiger partial charge in [-0.25, -0.2) is 29.9 Å². The summed E-state index contributed by atoms with van der Waals surface area (Å²) in [5.74, 6) is 2.01. The highest BCUT2D eigenvalue weighted by Crippen LogP contribution is 2.50. The van der Waals surface area contributed by atoms with E-state index in [4.69, 9.17) is 29.9 Å². The van der Waals surface area contributed by atoms with E-state index in [0.717, 1.165) is 72.6 Å². The Bertz CT molecular complexity index is 10500. The highest BCUT2D eigenvalue weighted by atomic mass is 32.1. The molecule has 31 rings (SSSR count). The number of aromatic nitrogens is 10. The Morgan fingerprint density at radius 1 is 0.177 bits per heavy atom. The molecule has 0 bridgehead atoms. The van der Waals surface area contributed by atoms with Crippen molar-refractivity contribution in [2.45, 2.75) is 0 Å². The van der Waals surface area contributed by atoms with Crippen LogP contribution >= 0.6 is 45.3 Å². The minimum atomic E-state index is -2.72. The van der Waals surface area contributed by atoms with E-state index in [0.29, 0.717) is 17.8 Å². The van der Waals surface area contributed by atoms with Gasteiger partial charge in [0, 0.05) is 165 Å². The van der Waals surface area contributed by atoms with Crippen LogP contribution in [0.4, 0.5) is 0 Å². The van der Waals surface area contributed by atoms with E-state index in [9.17, 15) is 0 Å². The number of benzene rings is 20. The Morgan fingerprint density at radius 3 is 1.01 bits per heavy atom. The van der Waals surface area contributed by atoms with Gasteiger partial charge in [0.25, 0.3) is 0 Å². The third-order valence-corrected chi connectivity index (χ3v) is 39.0. The largest absolute Gasteiger partial charge is 0.309 e. The van der Waals surface area contributed by atoms with E-state index in [1.807, 2.05) is 82.1 Å². The van der Waals surface area contributed by atoms with E-state index in [-0.39, 0.29) is 0 Å². The van der Waals surface area contributed by atoms with Crippen LogP contribution in [0.5, 0.6) is 0 Å². The Labute approximate surface area is 860 Å². The van der Waals surface area contributed by atoms with Crippen molar-refractivity contribution < 1.29 is 0 Å². The molecule has 0 aliphatic carbocycles. The molecule has 0 atom stereocenters. The smallest absolute Gasteiger partial charge is 0.235 e. The molecule has 0 N–H and O–H groups in total. The van der Waals surface area contributed by atoms with Crippen LogP contribution in [0.25, 0.3) is 247 Å². The van der Waals surface area contributed by atoms with Crippen LogP contribution in [0.2, 0.25) is 0 Å². The third kappa shape index (κ3) is 14.0. The summed E-state index contributed by atoms with van der Waals surface area (Å²) < 4.78 is 19.4. The van der Waals surface area contributed by atoms with Crippen molar-refractivity contribution in [3.8, 4) is 79.6 Å². The zero-order valence-electron chi connectivity index (χ0n) is 78.9. The molecular formula is C132H82N10S4Si. The van der Waals surface area contributed by atoms with Crippen LogP contribution in [0.3, 0.4) is 0 Å². The van der Waals surface area contributed by atoms with Gasteiger partial charge in [0.1, 0.15) is 0 Å². The van der Waals surface area contributed by atoms with Crippen LogP contribution in [0.1, 0.15) is 0 Å². The van der Waals surface area contributed by atoms with Gasteiger partial charge >= 0.3 is 0 Å². The molecule has 0 saturated heterocycles. The van der Waals surface area contributed by atoms with E-state index >= 15 is 0 Å². The number of thiophene rings is 4. The number of fused-ring (bicyclic) bond motifs is 27. The number of hydrogen-bond donors (Lipinski definition) is 0. The van der Waals surface area contributed by atoms with Gasteiger partial charge in [0.05, 0.1) is 61.2 Å². The molecule has 0 aliphatic rings. The minimum Gasteiger partial charge on any atom is -0.309 e. The molecule has 0 aliphatic heterocycles. The van der Waals surface area contributed by atoms with Gasteiger partial charge in [-0.15, -0.1) is 45.3 Å². The summed E-state index contributed by atoms with van der Waals surface area (Å²) >= 11 is 7.44. The lowest BCUT2D eigenvalue weighted by Gasteiger charge is -2.34. The molecule has 147 heavy (non-hydrogen) atoms. The SMILES string of the molecule is c1ccc(-c2ccc3c(c2)c2c4sc5ccccc5c4ccc2n3-c2nccc(-c3cccc(-n4c5ccccc5c5ccccc54)c3)n2)cc1.c1ccc(-c2cccc3c2sc2c3ccc3c2c2ccccc2n3-c2nccc(-c3cccc([Si](c4ccccc4)(c4ccccc4)c4ccccc4)c3)n2)cc1.c1ccc2c(c1)sc1c(-c3ccnc(-n4c5ccccc5c5c6sc7ccccc7c6ccc54)n3)cccc12. The molecule has 15 heteroatoms. The van der Waals surface area contributed by atoms with E-state index in [2.05, 4.69) is 479 Å². The van der Waals surface area contributed by atoms with E-state index in [1.54, 1.807) is 0 Å². The fourth-order valence-electron chi connectivity index (χ4n) is 22.9. The molecule has 11 heterocycles. The van der Waals surface area contributed by atoms with Gasteiger partial charge in [0.15, 0.2) is 8.07 Å². The van der Waals surface area contributed by atoms with Crippen molar-refractivity contribution >= 4 is 242 Å². The van der Waals surface area contributed by atoms with Crippen molar-refractivity contribution in [1.29, 1.82) is 0 Å². The summed E-state index contributed by atoms with van der Waals surface area (Å²) in [6.07, 6.45) is 5.69. The van der Waals surface area contributed by atoms with Gasteiger partial charge < -0.3 is 4.57 Å². The van der Waals surface area contributed by atoms with Crippen molar-refractivity contribution in [1.82, 2.24) is 48.2 Å².